The Balaban J connectivity index is 0.00000147. The molecule has 108 valence electrons. The fraction of sp³-hybridized carbons (Fsp3) is 0.400. The van der Waals surface area contributed by atoms with Crippen LogP contribution in [0, 0.1) is 13.8 Å². The average Bonchev–Trinajstić information content (AvgIpc) is 2.92. The van der Waals surface area contributed by atoms with E-state index in [2.05, 4.69) is 42.3 Å². The number of hydrogen-bond donors (Lipinski definition) is 0. The van der Waals surface area contributed by atoms with Crippen molar-refractivity contribution in [3.63, 3.8) is 0 Å². The van der Waals surface area contributed by atoms with Gasteiger partial charge in [0.25, 0.3) is 0 Å². The van der Waals surface area contributed by atoms with Gasteiger partial charge in [-0.25, -0.2) is 4.98 Å². The molecule has 0 atom stereocenters. The molecule has 0 saturated carbocycles. The van der Waals surface area contributed by atoms with E-state index >= 15 is 0 Å². The number of anilines is 1. The molecule has 1 fully saturated rings. The second-order valence-corrected chi connectivity index (χ2v) is 5.70. The van der Waals surface area contributed by atoms with Crippen LogP contribution in [0.4, 0.5) is 9.84 Å². The molecule has 1 aliphatic heterocycles. The number of rotatable bonds is 2. The van der Waals surface area contributed by atoms with Gasteiger partial charge < -0.3 is 9.64 Å². The number of hydrogen-bond acceptors (Lipinski definition) is 4. The zero-order valence-corrected chi connectivity index (χ0v) is 12.6. The SMILES string of the molecule is Cc1cccc(-c2csc(N3CCOCC3)n2)c1C.F. The van der Waals surface area contributed by atoms with Crippen molar-refractivity contribution < 1.29 is 9.44 Å². The maximum Gasteiger partial charge on any atom is 0.186 e. The summed E-state index contributed by atoms with van der Waals surface area (Å²) in [4.78, 5) is 7.10. The molecule has 5 heteroatoms. The summed E-state index contributed by atoms with van der Waals surface area (Å²) in [7, 11) is 0. The summed E-state index contributed by atoms with van der Waals surface area (Å²) in [6.45, 7) is 7.81. The first kappa shape index (κ1) is 14.9. The van der Waals surface area contributed by atoms with Crippen molar-refractivity contribution >= 4 is 16.5 Å². The van der Waals surface area contributed by atoms with Crippen molar-refractivity contribution in [3.8, 4) is 11.3 Å². The Morgan fingerprint density at radius 3 is 2.70 bits per heavy atom. The quantitative estimate of drug-likeness (QED) is 0.848. The standard InChI is InChI=1S/C15H18N2OS.FH/c1-11-4-3-5-13(12(11)2)14-10-19-15(16-14)17-6-8-18-9-7-17;/h3-5,10H,6-9H2,1-2H3;1H. The minimum atomic E-state index is 0. The van der Waals surface area contributed by atoms with Gasteiger partial charge in [-0.05, 0) is 25.0 Å². The molecule has 1 aromatic carbocycles. The van der Waals surface area contributed by atoms with Crippen molar-refractivity contribution in [2.45, 2.75) is 13.8 Å². The Hall–Kier alpha value is -1.46. The number of halogens is 1. The molecular weight excluding hydrogens is 275 g/mol. The summed E-state index contributed by atoms with van der Waals surface area (Å²) in [5.74, 6) is 0. The molecule has 2 aromatic rings. The lowest BCUT2D eigenvalue weighted by molar-refractivity contribution is 0.122. The maximum absolute atomic E-state index is 5.38. The summed E-state index contributed by atoms with van der Waals surface area (Å²) >= 11 is 1.72. The number of morpholine rings is 1. The molecule has 2 heterocycles. The first-order chi connectivity index (χ1) is 9.25. The second-order valence-electron chi connectivity index (χ2n) is 4.86. The van der Waals surface area contributed by atoms with Crippen molar-refractivity contribution in [2.75, 3.05) is 31.2 Å². The zero-order valence-electron chi connectivity index (χ0n) is 11.8. The van der Waals surface area contributed by atoms with E-state index in [1.165, 1.54) is 16.7 Å². The van der Waals surface area contributed by atoms with Gasteiger partial charge in [0.2, 0.25) is 0 Å². The van der Waals surface area contributed by atoms with Crippen LogP contribution in [-0.2, 0) is 4.74 Å². The minimum Gasteiger partial charge on any atom is -0.378 e. The lowest BCUT2D eigenvalue weighted by Crippen LogP contribution is -2.36. The van der Waals surface area contributed by atoms with E-state index in [1.807, 2.05) is 0 Å². The molecule has 20 heavy (non-hydrogen) atoms. The summed E-state index contributed by atoms with van der Waals surface area (Å²) in [5.41, 5.74) is 4.98. The Morgan fingerprint density at radius 1 is 1.20 bits per heavy atom. The summed E-state index contributed by atoms with van der Waals surface area (Å²) in [5, 5.41) is 3.27. The van der Waals surface area contributed by atoms with Crippen LogP contribution in [-0.4, -0.2) is 31.3 Å². The first-order valence-electron chi connectivity index (χ1n) is 6.60. The van der Waals surface area contributed by atoms with Gasteiger partial charge in [0.15, 0.2) is 5.13 Å². The number of ether oxygens (including phenoxy) is 1. The van der Waals surface area contributed by atoms with Crippen LogP contribution in [0.5, 0.6) is 0 Å². The van der Waals surface area contributed by atoms with Crippen LogP contribution >= 0.6 is 11.3 Å². The molecule has 1 aromatic heterocycles. The summed E-state index contributed by atoms with van der Waals surface area (Å²) in [6, 6.07) is 6.40. The smallest absolute Gasteiger partial charge is 0.186 e. The molecule has 3 rings (SSSR count). The van der Waals surface area contributed by atoms with Crippen molar-refractivity contribution in [2.24, 2.45) is 0 Å². The van der Waals surface area contributed by atoms with Crippen LogP contribution in [0.1, 0.15) is 11.1 Å². The molecule has 0 aliphatic carbocycles. The van der Waals surface area contributed by atoms with E-state index in [-0.39, 0.29) is 4.70 Å². The normalized spacial score (nSPS) is 15.0. The first-order valence-corrected chi connectivity index (χ1v) is 7.48. The van der Waals surface area contributed by atoms with Crippen LogP contribution in [0.15, 0.2) is 23.6 Å². The molecule has 1 aliphatic rings. The van der Waals surface area contributed by atoms with Crippen molar-refractivity contribution in [1.82, 2.24) is 4.98 Å². The third-order valence-corrected chi connectivity index (χ3v) is 4.56. The predicted molar refractivity (Wildman–Crippen MR) is 82.6 cm³/mol. The molecule has 0 radical (unpaired) electrons. The molecule has 0 bridgehead atoms. The fourth-order valence-electron chi connectivity index (χ4n) is 2.32. The zero-order chi connectivity index (χ0) is 13.2. The Labute approximate surface area is 122 Å². The fourth-order valence-corrected chi connectivity index (χ4v) is 3.20. The third-order valence-electron chi connectivity index (χ3n) is 3.65. The number of aromatic nitrogens is 1. The van der Waals surface area contributed by atoms with Gasteiger partial charge in [0.1, 0.15) is 0 Å². The van der Waals surface area contributed by atoms with Crippen molar-refractivity contribution in [3.05, 3.63) is 34.7 Å². The summed E-state index contributed by atoms with van der Waals surface area (Å²) < 4.78 is 5.38. The highest BCUT2D eigenvalue weighted by atomic mass is 32.1. The number of benzene rings is 1. The minimum absolute atomic E-state index is 0. The van der Waals surface area contributed by atoms with E-state index in [0.29, 0.717) is 0 Å². The topological polar surface area (TPSA) is 25.4 Å². The van der Waals surface area contributed by atoms with E-state index in [4.69, 9.17) is 9.72 Å². The predicted octanol–water partition coefficient (Wildman–Crippen LogP) is 3.42. The lowest BCUT2D eigenvalue weighted by Gasteiger charge is -2.26. The summed E-state index contributed by atoms with van der Waals surface area (Å²) in [6.07, 6.45) is 0. The highest BCUT2D eigenvalue weighted by Gasteiger charge is 2.15. The van der Waals surface area contributed by atoms with Gasteiger partial charge in [-0.15, -0.1) is 11.3 Å². The van der Waals surface area contributed by atoms with Gasteiger partial charge in [0, 0.05) is 24.0 Å². The van der Waals surface area contributed by atoms with Crippen LogP contribution in [0.3, 0.4) is 0 Å². The van der Waals surface area contributed by atoms with Crippen molar-refractivity contribution in [1.29, 1.82) is 0 Å². The number of aryl methyl sites for hydroxylation is 1. The van der Waals surface area contributed by atoms with Gasteiger partial charge in [-0.3, -0.25) is 4.70 Å². The highest BCUT2D eigenvalue weighted by molar-refractivity contribution is 7.14. The molecule has 0 N–H and O–H groups in total. The molecule has 0 spiro atoms. The van der Waals surface area contributed by atoms with E-state index in [0.717, 1.165) is 37.1 Å². The average molecular weight is 294 g/mol. The van der Waals surface area contributed by atoms with Gasteiger partial charge in [-0.2, -0.15) is 0 Å². The largest absolute Gasteiger partial charge is 0.378 e. The molecule has 0 amide bonds. The molecule has 0 unspecified atom stereocenters. The van der Waals surface area contributed by atoms with E-state index < -0.39 is 0 Å². The monoisotopic (exact) mass is 294 g/mol. The number of thiazole rings is 1. The molecule has 1 saturated heterocycles. The molecule has 3 nitrogen and oxygen atoms in total. The Bertz CT molecular complexity index is 579. The van der Waals surface area contributed by atoms with Gasteiger partial charge in [-0.1, -0.05) is 18.2 Å². The Morgan fingerprint density at radius 2 is 1.95 bits per heavy atom. The van der Waals surface area contributed by atoms with E-state index in [9.17, 15) is 0 Å². The van der Waals surface area contributed by atoms with Crippen LogP contribution in [0.25, 0.3) is 11.3 Å². The van der Waals surface area contributed by atoms with Gasteiger partial charge >= 0.3 is 0 Å². The van der Waals surface area contributed by atoms with Crippen LogP contribution < -0.4 is 4.90 Å². The Kier molecular flexibility index (Phi) is 4.73. The maximum atomic E-state index is 5.38. The lowest BCUT2D eigenvalue weighted by atomic mass is 10.0. The third kappa shape index (κ3) is 2.83. The number of nitrogens with zero attached hydrogens (tertiary/aromatic N) is 2. The molecular formula is C15H19FN2OS. The highest BCUT2D eigenvalue weighted by Crippen LogP contribution is 2.30. The van der Waals surface area contributed by atoms with Crippen LogP contribution in [0.2, 0.25) is 0 Å². The van der Waals surface area contributed by atoms with E-state index in [1.54, 1.807) is 11.3 Å². The second kappa shape index (κ2) is 6.33. The van der Waals surface area contributed by atoms with Gasteiger partial charge in [0.05, 0.1) is 18.9 Å².